The summed E-state index contributed by atoms with van der Waals surface area (Å²) in [6.45, 7) is 4.05. The second kappa shape index (κ2) is 3.98. The Kier molecular flexibility index (Phi) is 2.84. The molecule has 4 nitrogen and oxygen atoms in total. The van der Waals surface area contributed by atoms with E-state index in [0.717, 1.165) is 16.8 Å². The van der Waals surface area contributed by atoms with Gasteiger partial charge in [-0.15, -0.1) is 0 Å². The number of fused-ring (bicyclic) bond motifs is 1. The van der Waals surface area contributed by atoms with Gasteiger partial charge < -0.3 is 4.55 Å². The molecule has 15 heavy (non-hydrogen) atoms. The monoisotopic (exact) mass is 226 g/mol. The zero-order valence-electron chi connectivity index (χ0n) is 8.87. The summed E-state index contributed by atoms with van der Waals surface area (Å²) in [7, 11) is 0. The van der Waals surface area contributed by atoms with Crippen LogP contribution in [0.2, 0.25) is 0 Å². The Balaban J connectivity index is 2.57. The number of rotatable bonds is 1. The predicted octanol–water partition coefficient (Wildman–Crippen LogP) is 0.698. The minimum Gasteiger partial charge on any atom is -0.616 e. The molecule has 1 unspecified atom stereocenters. The molecule has 1 aromatic rings. The second-order valence-electron chi connectivity index (χ2n) is 4.09. The minimum atomic E-state index is -0.829. The lowest BCUT2D eigenvalue weighted by molar-refractivity contribution is 0.588. The number of hydrogen-bond acceptors (Lipinski definition) is 3. The fourth-order valence-corrected chi connectivity index (χ4v) is 3.11. The Morgan fingerprint density at radius 3 is 2.87 bits per heavy atom. The SMILES string of the molecule is CC(C)c1n[nH]c(=O)c2c1C[S+]([O-])CC2. The molecule has 1 aliphatic rings. The van der Waals surface area contributed by atoms with Crippen LogP contribution < -0.4 is 5.56 Å². The van der Waals surface area contributed by atoms with E-state index in [-0.39, 0.29) is 11.5 Å². The van der Waals surface area contributed by atoms with Gasteiger partial charge in [0.15, 0.2) is 0 Å². The topological polar surface area (TPSA) is 68.8 Å². The quantitative estimate of drug-likeness (QED) is 0.717. The first-order valence-electron chi connectivity index (χ1n) is 5.05. The molecule has 5 heteroatoms. The number of H-pyrrole nitrogens is 1. The van der Waals surface area contributed by atoms with Crippen molar-refractivity contribution >= 4 is 11.2 Å². The van der Waals surface area contributed by atoms with E-state index in [1.165, 1.54) is 0 Å². The molecule has 82 valence electrons. The van der Waals surface area contributed by atoms with E-state index < -0.39 is 11.2 Å². The summed E-state index contributed by atoms with van der Waals surface area (Å²) >= 11 is -0.829. The van der Waals surface area contributed by atoms with Crippen molar-refractivity contribution in [2.75, 3.05) is 5.75 Å². The third-order valence-corrected chi connectivity index (χ3v) is 3.93. The average Bonchev–Trinajstić information content (AvgIpc) is 2.17. The summed E-state index contributed by atoms with van der Waals surface area (Å²) in [5.41, 5.74) is 2.47. The molecular weight excluding hydrogens is 212 g/mol. The van der Waals surface area contributed by atoms with Gasteiger partial charge in [-0.05, 0) is 17.1 Å². The van der Waals surface area contributed by atoms with Gasteiger partial charge in [0.05, 0.1) is 5.69 Å². The van der Waals surface area contributed by atoms with Crippen molar-refractivity contribution in [3.05, 3.63) is 27.2 Å². The standard InChI is InChI=1S/C10H14N2O2S/c1-6(2)9-8-5-15(14)4-3-7(8)10(13)12-11-9/h6H,3-5H2,1-2H3,(H,12,13). The Labute approximate surface area is 91.3 Å². The van der Waals surface area contributed by atoms with Gasteiger partial charge in [-0.25, -0.2) is 5.10 Å². The molecule has 0 fully saturated rings. The summed E-state index contributed by atoms with van der Waals surface area (Å²) in [5.74, 6) is 1.34. The van der Waals surface area contributed by atoms with Crippen LogP contribution in [0.3, 0.4) is 0 Å². The fraction of sp³-hybridized carbons (Fsp3) is 0.600. The lowest BCUT2D eigenvalue weighted by atomic mass is 10.00. The lowest BCUT2D eigenvalue weighted by Gasteiger charge is -2.21. The highest BCUT2D eigenvalue weighted by Crippen LogP contribution is 2.24. The molecule has 0 bridgehead atoms. The van der Waals surface area contributed by atoms with Gasteiger partial charge in [-0.3, -0.25) is 4.79 Å². The predicted molar refractivity (Wildman–Crippen MR) is 59.4 cm³/mol. The van der Waals surface area contributed by atoms with E-state index in [1.807, 2.05) is 13.8 Å². The van der Waals surface area contributed by atoms with Crippen LogP contribution in [0.5, 0.6) is 0 Å². The first kappa shape index (κ1) is 10.7. The van der Waals surface area contributed by atoms with Gasteiger partial charge in [0.2, 0.25) is 0 Å². The molecule has 2 rings (SSSR count). The molecule has 2 heterocycles. The fourth-order valence-electron chi connectivity index (χ4n) is 1.89. The van der Waals surface area contributed by atoms with Gasteiger partial charge in [0.25, 0.3) is 5.56 Å². The van der Waals surface area contributed by atoms with Crippen molar-refractivity contribution in [3.63, 3.8) is 0 Å². The lowest BCUT2D eigenvalue weighted by Crippen LogP contribution is -2.29. The van der Waals surface area contributed by atoms with Crippen molar-refractivity contribution < 1.29 is 4.55 Å². The smallest absolute Gasteiger partial charge is 0.268 e. The average molecular weight is 226 g/mol. The summed E-state index contributed by atoms with van der Waals surface area (Å²) in [5, 5.41) is 6.57. The van der Waals surface area contributed by atoms with Gasteiger partial charge >= 0.3 is 0 Å². The molecular formula is C10H14N2O2S. The van der Waals surface area contributed by atoms with Crippen molar-refractivity contribution in [1.29, 1.82) is 0 Å². The molecule has 0 saturated heterocycles. The van der Waals surface area contributed by atoms with Gasteiger partial charge in [0, 0.05) is 17.5 Å². The zero-order chi connectivity index (χ0) is 11.0. The van der Waals surface area contributed by atoms with Crippen LogP contribution in [0.1, 0.15) is 36.6 Å². The van der Waals surface area contributed by atoms with Crippen LogP contribution in [0, 0.1) is 0 Å². The molecule has 0 aromatic carbocycles. The van der Waals surface area contributed by atoms with Crippen molar-refractivity contribution in [3.8, 4) is 0 Å². The molecule has 0 aliphatic carbocycles. The van der Waals surface area contributed by atoms with Gasteiger partial charge in [-0.2, -0.15) is 5.10 Å². The first-order valence-corrected chi connectivity index (χ1v) is 6.53. The second-order valence-corrected chi connectivity index (χ2v) is 5.66. The largest absolute Gasteiger partial charge is 0.616 e. The summed E-state index contributed by atoms with van der Waals surface area (Å²) in [6, 6.07) is 0. The summed E-state index contributed by atoms with van der Waals surface area (Å²) in [4.78, 5) is 11.5. The number of nitrogens with zero attached hydrogens (tertiary/aromatic N) is 1. The van der Waals surface area contributed by atoms with Crippen LogP contribution in [0.4, 0.5) is 0 Å². The highest BCUT2D eigenvalue weighted by molar-refractivity contribution is 7.90. The van der Waals surface area contributed by atoms with Crippen LogP contribution in [-0.4, -0.2) is 20.5 Å². The van der Waals surface area contributed by atoms with Crippen molar-refractivity contribution in [2.24, 2.45) is 0 Å². The Hall–Kier alpha value is -0.810. The van der Waals surface area contributed by atoms with Crippen LogP contribution in [0.15, 0.2) is 4.79 Å². The summed E-state index contributed by atoms with van der Waals surface area (Å²) in [6.07, 6.45) is 0.611. The Morgan fingerprint density at radius 2 is 2.20 bits per heavy atom. The van der Waals surface area contributed by atoms with E-state index in [9.17, 15) is 9.35 Å². The number of hydrogen-bond donors (Lipinski definition) is 1. The highest BCUT2D eigenvalue weighted by Gasteiger charge is 2.26. The molecule has 0 saturated carbocycles. The Morgan fingerprint density at radius 1 is 1.47 bits per heavy atom. The minimum absolute atomic E-state index is 0.119. The van der Waals surface area contributed by atoms with E-state index in [2.05, 4.69) is 10.2 Å². The Bertz CT molecular complexity index is 428. The maximum atomic E-state index is 11.5. The summed E-state index contributed by atoms with van der Waals surface area (Å²) < 4.78 is 11.5. The molecule has 0 spiro atoms. The van der Waals surface area contributed by atoms with Crippen LogP contribution in [-0.2, 0) is 23.3 Å². The molecule has 0 radical (unpaired) electrons. The van der Waals surface area contributed by atoms with E-state index >= 15 is 0 Å². The van der Waals surface area contributed by atoms with Crippen molar-refractivity contribution in [2.45, 2.75) is 31.9 Å². The molecule has 1 aromatic heterocycles. The molecule has 1 aliphatic heterocycles. The molecule has 0 amide bonds. The highest BCUT2D eigenvalue weighted by atomic mass is 32.2. The number of nitrogens with one attached hydrogen (secondary N) is 1. The third-order valence-electron chi connectivity index (χ3n) is 2.66. The third kappa shape index (κ3) is 1.94. The molecule has 1 N–H and O–H groups in total. The number of aromatic nitrogens is 2. The normalized spacial score (nSPS) is 20.4. The maximum absolute atomic E-state index is 11.5. The number of aromatic amines is 1. The van der Waals surface area contributed by atoms with Gasteiger partial charge in [0.1, 0.15) is 11.5 Å². The van der Waals surface area contributed by atoms with E-state index in [0.29, 0.717) is 17.9 Å². The van der Waals surface area contributed by atoms with Crippen LogP contribution in [0.25, 0.3) is 0 Å². The van der Waals surface area contributed by atoms with E-state index in [4.69, 9.17) is 0 Å². The zero-order valence-corrected chi connectivity index (χ0v) is 9.69. The van der Waals surface area contributed by atoms with Crippen molar-refractivity contribution in [1.82, 2.24) is 10.2 Å². The van der Waals surface area contributed by atoms with E-state index in [1.54, 1.807) is 0 Å². The van der Waals surface area contributed by atoms with Gasteiger partial charge in [-0.1, -0.05) is 13.8 Å². The maximum Gasteiger partial charge on any atom is 0.268 e. The first-order chi connectivity index (χ1) is 7.09. The molecule has 1 atom stereocenters. The van der Waals surface area contributed by atoms with Crippen LogP contribution >= 0.6 is 0 Å².